The first-order valence-electron chi connectivity index (χ1n) is 4.52. The predicted molar refractivity (Wildman–Crippen MR) is 62.6 cm³/mol. The highest BCUT2D eigenvalue weighted by Crippen LogP contribution is 2.46. The number of rotatable bonds is 3. The largest absolute Gasteiger partial charge is 0.365 e. The van der Waals surface area contributed by atoms with Crippen LogP contribution in [0.3, 0.4) is 0 Å². The maximum atomic E-state index is 8.98. The van der Waals surface area contributed by atoms with Crippen LogP contribution in [0, 0.1) is 16.7 Å². The molecule has 0 atom stereocenters. The van der Waals surface area contributed by atoms with Crippen molar-refractivity contribution in [3.05, 3.63) is 15.9 Å². The van der Waals surface area contributed by atoms with Crippen molar-refractivity contribution in [2.45, 2.75) is 12.8 Å². The van der Waals surface area contributed by atoms with Crippen LogP contribution in [0.5, 0.6) is 0 Å². The number of anilines is 1. The monoisotopic (exact) mass is 270 g/mol. The van der Waals surface area contributed by atoms with E-state index in [0.29, 0.717) is 0 Å². The summed E-state index contributed by atoms with van der Waals surface area (Å²) in [6.07, 6.45) is 2.11. The van der Waals surface area contributed by atoms with Gasteiger partial charge < -0.3 is 4.90 Å². The van der Waals surface area contributed by atoms with Gasteiger partial charge in [-0.3, -0.25) is 0 Å². The third-order valence-electron chi connectivity index (χ3n) is 2.56. The second-order valence-electron chi connectivity index (χ2n) is 3.85. The lowest BCUT2D eigenvalue weighted by Gasteiger charge is -2.19. The lowest BCUT2D eigenvalue weighted by Crippen LogP contribution is -2.24. The maximum absolute atomic E-state index is 8.98. The summed E-state index contributed by atoms with van der Waals surface area (Å²) >= 11 is 5.14. The quantitative estimate of drug-likeness (QED) is 0.843. The molecule has 1 heterocycles. The summed E-state index contributed by atoms with van der Waals surface area (Å²) in [5.41, 5.74) is -0.0504. The van der Waals surface area contributed by atoms with Gasteiger partial charge in [-0.15, -0.1) is 11.3 Å². The van der Waals surface area contributed by atoms with E-state index in [4.69, 9.17) is 5.26 Å². The molecule has 0 amide bonds. The summed E-state index contributed by atoms with van der Waals surface area (Å²) in [4.78, 5) is 2.17. The van der Waals surface area contributed by atoms with Gasteiger partial charge in [0.15, 0.2) is 0 Å². The van der Waals surface area contributed by atoms with Gasteiger partial charge in [0.05, 0.1) is 16.5 Å². The van der Waals surface area contributed by atoms with Gasteiger partial charge >= 0.3 is 0 Å². The molecule has 1 aliphatic carbocycles. The third kappa shape index (κ3) is 1.94. The molecule has 2 nitrogen and oxygen atoms in total. The normalized spacial score (nSPS) is 17.5. The predicted octanol–water partition coefficient (Wildman–Crippen LogP) is 3.25. The Kier molecular flexibility index (Phi) is 2.54. The SMILES string of the molecule is CN(CC1(C#N)CC1)c1cc(Br)cs1. The Morgan fingerprint density at radius 3 is 2.86 bits per heavy atom. The number of nitrogens with zero attached hydrogens (tertiary/aromatic N) is 2. The lowest BCUT2D eigenvalue weighted by atomic mass is 10.1. The Bertz CT molecular complexity index is 376. The standard InChI is InChI=1S/C10H11BrN2S/c1-13(7-10(6-12)2-3-10)9-4-8(11)5-14-9/h4-5H,2-3,7H2,1H3. The van der Waals surface area contributed by atoms with Crippen LogP contribution in [0.2, 0.25) is 0 Å². The van der Waals surface area contributed by atoms with Gasteiger partial charge in [-0.25, -0.2) is 0 Å². The Balaban J connectivity index is 2.03. The minimum atomic E-state index is -0.0504. The van der Waals surface area contributed by atoms with E-state index in [1.54, 1.807) is 11.3 Å². The zero-order valence-electron chi connectivity index (χ0n) is 7.96. The molecule has 1 aromatic heterocycles. The molecule has 4 heteroatoms. The fourth-order valence-electron chi connectivity index (χ4n) is 1.49. The molecule has 74 valence electrons. The summed E-state index contributed by atoms with van der Waals surface area (Å²) in [5, 5.41) is 12.3. The Labute approximate surface area is 96.3 Å². The summed E-state index contributed by atoms with van der Waals surface area (Å²) in [7, 11) is 2.05. The second kappa shape index (κ2) is 3.56. The molecule has 14 heavy (non-hydrogen) atoms. The minimum absolute atomic E-state index is 0.0504. The average Bonchev–Trinajstić information content (AvgIpc) is 2.80. The van der Waals surface area contributed by atoms with Crippen molar-refractivity contribution in [3.63, 3.8) is 0 Å². The van der Waals surface area contributed by atoms with Crippen molar-refractivity contribution >= 4 is 32.3 Å². The maximum Gasteiger partial charge on any atom is 0.0918 e. The molecule has 0 unspecified atom stereocenters. The fraction of sp³-hybridized carbons (Fsp3) is 0.500. The molecule has 0 spiro atoms. The highest BCUT2D eigenvalue weighted by Gasteiger charge is 2.44. The zero-order valence-corrected chi connectivity index (χ0v) is 10.4. The van der Waals surface area contributed by atoms with E-state index in [9.17, 15) is 0 Å². The molecule has 0 radical (unpaired) electrons. The van der Waals surface area contributed by atoms with Crippen molar-refractivity contribution in [2.24, 2.45) is 5.41 Å². The molecule has 1 aliphatic rings. The Morgan fingerprint density at radius 2 is 2.43 bits per heavy atom. The first-order valence-corrected chi connectivity index (χ1v) is 6.19. The summed E-state index contributed by atoms with van der Waals surface area (Å²) in [5.74, 6) is 0. The van der Waals surface area contributed by atoms with Crippen molar-refractivity contribution in [2.75, 3.05) is 18.5 Å². The molecule has 2 rings (SSSR count). The van der Waals surface area contributed by atoms with E-state index in [2.05, 4.69) is 45.4 Å². The summed E-state index contributed by atoms with van der Waals surface area (Å²) < 4.78 is 1.12. The van der Waals surface area contributed by atoms with Crippen LogP contribution in [0.15, 0.2) is 15.9 Å². The summed E-state index contributed by atoms with van der Waals surface area (Å²) in [6, 6.07) is 4.51. The van der Waals surface area contributed by atoms with Crippen molar-refractivity contribution in [1.82, 2.24) is 0 Å². The van der Waals surface area contributed by atoms with Crippen molar-refractivity contribution in [1.29, 1.82) is 5.26 Å². The lowest BCUT2D eigenvalue weighted by molar-refractivity contribution is 0.656. The zero-order chi connectivity index (χ0) is 10.2. The van der Waals surface area contributed by atoms with Crippen molar-refractivity contribution < 1.29 is 0 Å². The summed E-state index contributed by atoms with van der Waals surface area (Å²) in [6.45, 7) is 0.858. The second-order valence-corrected chi connectivity index (χ2v) is 5.66. The molecule has 1 saturated carbocycles. The highest BCUT2D eigenvalue weighted by molar-refractivity contribution is 9.10. The van der Waals surface area contributed by atoms with Gasteiger partial charge in [-0.1, -0.05) is 0 Å². The number of thiophene rings is 1. The number of hydrogen-bond donors (Lipinski definition) is 0. The van der Waals surface area contributed by atoms with Crippen LogP contribution >= 0.6 is 27.3 Å². The highest BCUT2D eigenvalue weighted by atomic mass is 79.9. The molecular formula is C10H11BrN2S. The van der Waals surface area contributed by atoms with E-state index in [-0.39, 0.29) is 5.41 Å². The van der Waals surface area contributed by atoms with E-state index in [0.717, 1.165) is 23.9 Å². The van der Waals surface area contributed by atoms with Crippen LogP contribution in [0.4, 0.5) is 5.00 Å². The van der Waals surface area contributed by atoms with Gasteiger partial charge in [0, 0.05) is 23.4 Å². The molecule has 0 bridgehead atoms. The van der Waals surface area contributed by atoms with Crippen LogP contribution in [0.25, 0.3) is 0 Å². The van der Waals surface area contributed by atoms with E-state index in [1.807, 2.05) is 0 Å². The topological polar surface area (TPSA) is 27.0 Å². The minimum Gasteiger partial charge on any atom is -0.365 e. The Hall–Kier alpha value is -0.530. The van der Waals surface area contributed by atoms with E-state index < -0.39 is 0 Å². The molecule has 0 aromatic carbocycles. The van der Waals surface area contributed by atoms with Gasteiger partial charge in [0.2, 0.25) is 0 Å². The number of nitriles is 1. The van der Waals surface area contributed by atoms with Crippen LogP contribution < -0.4 is 4.90 Å². The number of hydrogen-bond acceptors (Lipinski definition) is 3. The molecule has 0 aliphatic heterocycles. The molecular weight excluding hydrogens is 260 g/mol. The number of halogens is 1. The van der Waals surface area contributed by atoms with Crippen LogP contribution in [-0.4, -0.2) is 13.6 Å². The van der Waals surface area contributed by atoms with E-state index >= 15 is 0 Å². The third-order valence-corrected chi connectivity index (χ3v) is 4.36. The van der Waals surface area contributed by atoms with Crippen LogP contribution in [-0.2, 0) is 0 Å². The van der Waals surface area contributed by atoms with Crippen molar-refractivity contribution in [3.8, 4) is 6.07 Å². The average molecular weight is 271 g/mol. The van der Waals surface area contributed by atoms with Gasteiger partial charge in [0.25, 0.3) is 0 Å². The Morgan fingerprint density at radius 1 is 1.71 bits per heavy atom. The molecule has 0 saturated heterocycles. The first kappa shape index (κ1) is 10.0. The van der Waals surface area contributed by atoms with E-state index in [1.165, 1.54) is 5.00 Å². The van der Waals surface area contributed by atoms with Gasteiger partial charge in [-0.05, 0) is 34.8 Å². The molecule has 1 fully saturated rings. The molecule has 1 aromatic rings. The van der Waals surface area contributed by atoms with Gasteiger partial charge in [-0.2, -0.15) is 5.26 Å². The smallest absolute Gasteiger partial charge is 0.0918 e. The first-order chi connectivity index (χ1) is 6.65. The van der Waals surface area contributed by atoms with Crippen LogP contribution in [0.1, 0.15) is 12.8 Å². The van der Waals surface area contributed by atoms with Gasteiger partial charge in [0.1, 0.15) is 0 Å². The fourth-order valence-corrected chi connectivity index (χ4v) is 2.88. The molecule has 0 N–H and O–H groups in total.